The fourth-order valence-corrected chi connectivity index (χ4v) is 1.59. The lowest BCUT2D eigenvalue weighted by Gasteiger charge is -1.90. The zero-order chi connectivity index (χ0) is 9.97. The normalized spacial score (nSPS) is 10.6. The minimum atomic E-state index is 0.942. The highest BCUT2D eigenvalue weighted by molar-refractivity contribution is 6.33. The molecule has 0 spiro atoms. The van der Waals surface area contributed by atoms with Crippen LogP contribution in [0.3, 0.4) is 0 Å². The van der Waals surface area contributed by atoms with Gasteiger partial charge in [-0.1, -0.05) is 23.7 Å². The van der Waals surface area contributed by atoms with Gasteiger partial charge in [-0.2, -0.15) is 0 Å². The number of hydrogen-bond acceptors (Lipinski definition) is 1. The lowest BCUT2D eigenvalue weighted by Crippen LogP contribution is -1.98. The van der Waals surface area contributed by atoms with E-state index in [2.05, 4.69) is 32.6 Å². The Hall–Kier alpha value is -1.44. The van der Waals surface area contributed by atoms with Gasteiger partial charge in [-0.05, 0) is 18.6 Å². The summed E-state index contributed by atoms with van der Waals surface area (Å²) in [6.45, 7) is 3.70. The van der Waals surface area contributed by atoms with Crippen molar-refractivity contribution in [1.82, 2.24) is 0 Å². The van der Waals surface area contributed by atoms with Gasteiger partial charge in [0.25, 0.3) is 0 Å². The monoisotopic (exact) mass is 184 g/mol. The largest absolute Gasteiger partial charge is 0.461 e. The molecule has 1 aromatic carbocycles. The maximum absolute atomic E-state index is 5.68. The van der Waals surface area contributed by atoms with Gasteiger partial charge in [0.1, 0.15) is 19.2 Å². The smallest absolute Gasteiger partial charge is 0.139 e. The standard InChI is InChI=1S/C12H13BO/c1-2-3-4-11-8-9-7-10(13)5-6-12(9)14-11/h2,5-8H,1,3-4,13H2. The second-order valence-corrected chi connectivity index (χ2v) is 3.58. The van der Waals surface area contributed by atoms with Crippen LogP contribution in [0.15, 0.2) is 41.3 Å². The summed E-state index contributed by atoms with van der Waals surface area (Å²) in [4.78, 5) is 0. The topological polar surface area (TPSA) is 13.1 Å². The van der Waals surface area contributed by atoms with E-state index in [-0.39, 0.29) is 0 Å². The van der Waals surface area contributed by atoms with E-state index in [0.717, 1.165) is 24.2 Å². The van der Waals surface area contributed by atoms with Crippen molar-refractivity contribution in [3.05, 3.63) is 42.7 Å². The summed E-state index contributed by atoms with van der Waals surface area (Å²) in [6.07, 6.45) is 3.83. The molecule has 1 aromatic heterocycles. The summed E-state index contributed by atoms with van der Waals surface area (Å²) in [5.74, 6) is 1.05. The molecule has 0 amide bonds. The summed E-state index contributed by atoms with van der Waals surface area (Å²) in [5, 5.41) is 1.20. The number of benzene rings is 1. The second-order valence-electron chi connectivity index (χ2n) is 3.58. The van der Waals surface area contributed by atoms with Crippen LogP contribution >= 0.6 is 0 Å². The van der Waals surface area contributed by atoms with E-state index in [4.69, 9.17) is 4.42 Å². The predicted molar refractivity (Wildman–Crippen MR) is 62.9 cm³/mol. The van der Waals surface area contributed by atoms with Gasteiger partial charge in [-0.3, -0.25) is 0 Å². The van der Waals surface area contributed by atoms with Gasteiger partial charge in [0, 0.05) is 11.8 Å². The zero-order valence-electron chi connectivity index (χ0n) is 8.42. The Morgan fingerprint density at radius 1 is 1.36 bits per heavy atom. The van der Waals surface area contributed by atoms with Crippen molar-refractivity contribution in [3.63, 3.8) is 0 Å². The fraction of sp³-hybridized carbons (Fsp3) is 0.167. The van der Waals surface area contributed by atoms with Gasteiger partial charge < -0.3 is 4.42 Å². The second kappa shape index (κ2) is 3.75. The van der Waals surface area contributed by atoms with Gasteiger partial charge in [-0.15, -0.1) is 6.58 Å². The van der Waals surface area contributed by atoms with Gasteiger partial charge in [-0.25, -0.2) is 0 Å². The molecule has 1 nitrogen and oxygen atoms in total. The molecule has 0 bridgehead atoms. The molecule has 2 heteroatoms. The highest BCUT2D eigenvalue weighted by Crippen LogP contribution is 2.18. The molecule has 0 fully saturated rings. The van der Waals surface area contributed by atoms with E-state index in [1.807, 2.05) is 12.1 Å². The van der Waals surface area contributed by atoms with E-state index < -0.39 is 0 Å². The molecule has 0 saturated heterocycles. The van der Waals surface area contributed by atoms with E-state index >= 15 is 0 Å². The Morgan fingerprint density at radius 2 is 2.21 bits per heavy atom. The summed E-state index contributed by atoms with van der Waals surface area (Å²) in [5.41, 5.74) is 2.25. The zero-order valence-corrected chi connectivity index (χ0v) is 8.42. The number of rotatable bonds is 3. The van der Waals surface area contributed by atoms with Crippen LogP contribution in [-0.2, 0) is 6.42 Å². The highest BCUT2D eigenvalue weighted by Gasteiger charge is 2.02. The fourth-order valence-electron chi connectivity index (χ4n) is 1.59. The van der Waals surface area contributed by atoms with Crippen LogP contribution in [0.4, 0.5) is 0 Å². The molecule has 1 heterocycles. The van der Waals surface area contributed by atoms with E-state index in [0.29, 0.717) is 0 Å². The molecule has 2 aromatic rings. The van der Waals surface area contributed by atoms with Crippen molar-refractivity contribution in [3.8, 4) is 0 Å². The molecule has 70 valence electrons. The predicted octanol–water partition coefficient (Wildman–Crippen LogP) is 1.81. The molecule has 0 aliphatic rings. The number of allylic oxidation sites excluding steroid dienone is 1. The minimum absolute atomic E-state index is 0.942. The van der Waals surface area contributed by atoms with Crippen LogP contribution in [0.25, 0.3) is 11.0 Å². The molecule has 0 saturated carbocycles. The van der Waals surface area contributed by atoms with Crippen LogP contribution in [-0.4, -0.2) is 7.85 Å². The number of aryl methyl sites for hydroxylation is 1. The van der Waals surface area contributed by atoms with Gasteiger partial charge >= 0.3 is 0 Å². The highest BCUT2D eigenvalue weighted by atomic mass is 16.3. The lowest BCUT2D eigenvalue weighted by atomic mass is 9.95. The third kappa shape index (κ3) is 1.74. The van der Waals surface area contributed by atoms with E-state index in [1.54, 1.807) is 0 Å². The maximum Gasteiger partial charge on any atom is 0.139 e. The molecule has 0 atom stereocenters. The first-order valence-electron chi connectivity index (χ1n) is 4.89. The molecule has 0 aliphatic heterocycles. The molecule has 0 unspecified atom stereocenters. The number of furan rings is 1. The number of fused-ring (bicyclic) bond motifs is 1. The maximum atomic E-state index is 5.68. The van der Waals surface area contributed by atoms with Crippen LogP contribution in [0.1, 0.15) is 12.2 Å². The van der Waals surface area contributed by atoms with Crippen LogP contribution in [0, 0.1) is 0 Å². The first-order valence-corrected chi connectivity index (χ1v) is 4.89. The van der Waals surface area contributed by atoms with Crippen molar-refractivity contribution >= 4 is 24.3 Å². The number of hydrogen-bond donors (Lipinski definition) is 0. The Labute approximate surface area is 84.8 Å². The quantitative estimate of drug-likeness (QED) is 0.523. The van der Waals surface area contributed by atoms with Gasteiger partial charge in [0.05, 0.1) is 0 Å². The van der Waals surface area contributed by atoms with Crippen molar-refractivity contribution in [2.75, 3.05) is 0 Å². The van der Waals surface area contributed by atoms with E-state index in [1.165, 1.54) is 10.8 Å². The molecule has 0 N–H and O–H groups in total. The minimum Gasteiger partial charge on any atom is -0.461 e. The Balaban J connectivity index is 2.36. The molecular formula is C12H13BO. The average Bonchev–Trinajstić information content (AvgIpc) is 2.56. The first kappa shape index (κ1) is 9.13. The third-order valence-corrected chi connectivity index (χ3v) is 2.32. The summed E-state index contributed by atoms with van der Waals surface area (Å²) >= 11 is 0. The van der Waals surface area contributed by atoms with Crippen molar-refractivity contribution < 1.29 is 4.42 Å². The van der Waals surface area contributed by atoms with Gasteiger partial charge in [0.15, 0.2) is 0 Å². The average molecular weight is 184 g/mol. The molecule has 0 aliphatic carbocycles. The summed E-state index contributed by atoms with van der Waals surface area (Å²) in [6, 6.07) is 8.37. The molecule has 14 heavy (non-hydrogen) atoms. The van der Waals surface area contributed by atoms with Crippen molar-refractivity contribution in [2.45, 2.75) is 12.8 Å². The first-order chi connectivity index (χ1) is 6.79. The van der Waals surface area contributed by atoms with Gasteiger partial charge in [0.2, 0.25) is 0 Å². The summed E-state index contributed by atoms with van der Waals surface area (Å²) < 4.78 is 5.68. The SMILES string of the molecule is Bc1ccc2oc(CCC=C)cc2c1. The van der Waals surface area contributed by atoms with Crippen LogP contribution in [0.2, 0.25) is 0 Å². The van der Waals surface area contributed by atoms with Crippen molar-refractivity contribution in [2.24, 2.45) is 0 Å². The summed E-state index contributed by atoms with van der Waals surface area (Å²) in [7, 11) is 2.09. The Kier molecular flexibility index (Phi) is 2.44. The van der Waals surface area contributed by atoms with Crippen molar-refractivity contribution in [1.29, 1.82) is 0 Å². The lowest BCUT2D eigenvalue weighted by molar-refractivity contribution is 0.549. The van der Waals surface area contributed by atoms with Crippen LogP contribution in [0.5, 0.6) is 0 Å². The molecule has 0 radical (unpaired) electrons. The molecular weight excluding hydrogens is 171 g/mol. The third-order valence-electron chi connectivity index (χ3n) is 2.32. The molecule has 2 rings (SSSR count). The Morgan fingerprint density at radius 3 is 3.00 bits per heavy atom. The van der Waals surface area contributed by atoms with E-state index in [9.17, 15) is 0 Å². The van der Waals surface area contributed by atoms with Crippen LogP contribution < -0.4 is 5.46 Å². The Bertz CT molecular complexity index is 456.